The second kappa shape index (κ2) is 9.48. The molecule has 1 amide bonds. The highest BCUT2D eigenvalue weighted by atomic mass is 32.1. The molecular formula is C25H21N3O5S. The van der Waals surface area contributed by atoms with Gasteiger partial charge in [0, 0.05) is 10.9 Å². The maximum Gasteiger partial charge on any atom is 0.280 e. The minimum atomic E-state index is -0.435. The van der Waals surface area contributed by atoms with Crippen LogP contribution in [0.5, 0.6) is 0 Å². The molecule has 3 aromatic heterocycles. The Hall–Kier alpha value is -3.98. The van der Waals surface area contributed by atoms with Gasteiger partial charge in [0.25, 0.3) is 11.6 Å². The number of nitro benzene ring substituents is 1. The number of fused-ring (bicyclic) bond motifs is 1. The van der Waals surface area contributed by atoms with Gasteiger partial charge in [0.2, 0.25) is 0 Å². The molecule has 0 aliphatic heterocycles. The molecular weight excluding hydrogens is 454 g/mol. The Labute approximate surface area is 199 Å². The molecule has 1 aliphatic carbocycles. The second-order valence-corrected chi connectivity index (χ2v) is 8.97. The van der Waals surface area contributed by atoms with E-state index in [0.717, 1.165) is 31.2 Å². The maximum absolute atomic E-state index is 13.1. The third-order valence-corrected chi connectivity index (χ3v) is 6.88. The number of aryl methyl sites for hydroxylation is 1. The number of nitrogens with zero attached hydrogens (tertiary/aromatic N) is 2. The number of nitro groups is 1. The lowest BCUT2D eigenvalue weighted by molar-refractivity contribution is -0.384. The number of hydrogen-bond acceptors (Lipinski definition) is 7. The molecule has 1 N–H and O–H groups in total. The molecule has 172 valence electrons. The van der Waals surface area contributed by atoms with Gasteiger partial charge in [-0.05, 0) is 61.6 Å². The van der Waals surface area contributed by atoms with Crippen LogP contribution in [0.2, 0.25) is 0 Å². The average Bonchev–Trinajstić information content (AvgIpc) is 3.61. The Bertz CT molecular complexity index is 1370. The number of hydrogen-bond donors (Lipinski definition) is 1. The van der Waals surface area contributed by atoms with Gasteiger partial charge in [-0.2, -0.15) is 0 Å². The first kappa shape index (κ1) is 21.8. The summed E-state index contributed by atoms with van der Waals surface area (Å²) in [4.78, 5) is 29.8. The monoisotopic (exact) mass is 475 g/mol. The van der Waals surface area contributed by atoms with Crippen molar-refractivity contribution in [2.24, 2.45) is 4.99 Å². The van der Waals surface area contributed by atoms with Crippen LogP contribution in [0.15, 0.2) is 68.6 Å². The van der Waals surface area contributed by atoms with Gasteiger partial charge in [0.15, 0.2) is 0 Å². The van der Waals surface area contributed by atoms with Crippen LogP contribution >= 0.6 is 11.3 Å². The fraction of sp³-hybridized carbons (Fsp3) is 0.200. The number of furan rings is 2. The first-order valence-electron chi connectivity index (χ1n) is 10.9. The fourth-order valence-electron chi connectivity index (χ4n) is 4.08. The molecule has 0 unspecified atom stereocenters. The number of aliphatic imine (C=N–C) groups is 1. The summed E-state index contributed by atoms with van der Waals surface area (Å²) in [5.41, 5.74) is 2.05. The number of carbonyl (C=O) groups is 1. The zero-order valence-electron chi connectivity index (χ0n) is 18.2. The summed E-state index contributed by atoms with van der Waals surface area (Å²) in [5.74, 6) is 1.33. The molecule has 0 spiro atoms. The van der Waals surface area contributed by atoms with E-state index in [1.165, 1.54) is 22.3 Å². The van der Waals surface area contributed by atoms with Crippen LogP contribution in [0.4, 0.5) is 10.7 Å². The van der Waals surface area contributed by atoms with E-state index in [1.807, 2.05) is 6.07 Å². The summed E-state index contributed by atoms with van der Waals surface area (Å²) in [7, 11) is 0. The molecule has 1 aliphatic rings. The van der Waals surface area contributed by atoms with Gasteiger partial charge in [0.1, 0.15) is 22.3 Å². The van der Waals surface area contributed by atoms with Crippen LogP contribution < -0.4 is 5.32 Å². The van der Waals surface area contributed by atoms with E-state index >= 15 is 0 Å². The van der Waals surface area contributed by atoms with Crippen molar-refractivity contribution in [1.29, 1.82) is 0 Å². The van der Waals surface area contributed by atoms with Crippen LogP contribution in [0.25, 0.3) is 11.3 Å². The molecule has 0 fully saturated rings. The first-order valence-corrected chi connectivity index (χ1v) is 11.7. The van der Waals surface area contributed by atoms with Crippen LogP contribution in [-0.2, 0) is 19.4 Å². The molecule has 3 heterocycles. The number of nitrogens with one attached hydrogen (secondary N) is 1. The van der Waals surface area contributed by atoms with Crippen LogP contribution in [0.1, 0.15) is 45.2 Å². The number of para-hydroxylation sites is 1. The van der Waals surface area contributed by atoms with Gasteiger partial charge < -0.3 is 14.2 Å². The molecule has 0 bridgehead atoms. The largest absolute Gasteiger partial charge is 0.467 e. The summed E-state index contributed by atoms with van der Waals surface area (Å²) in [6.45, 7) is 0.303. The molecule has 34 heavy (non-hydrogen) atoms. The van der Waals surface area contributed by atoms with Gasteiger partial charge in [0.05, 0.1) is 35.1 Å². The Morgan fingerprint density at radius 2 is 2.00 bits per heavy atom. The van der Waals surface area contributed by atoms with Crippen LogP contribution in [0.3, 0.4) is 0 Å². The molecule has 5 rings (SSSR count). The number of carbonyl (C=O) groups excluding carboxylic acids is 1. The van der Waals surface area contributed by atoms with Crippen molar-refractivity contribution in [3.05, 3.63) is 92.4 Å². The molecule has 8 nitrogen and oxygen atoms in total. The van der Waals surface area contributed by atoms with E-state index < -0.39 is 4.92 Å². The van der Waals surface area contributed by atoms with E-state index in [2.05, 4.69) is 10.3 Å². The van der Waals surface area contributed by atoms with Gasteiger partial charge in [-0.1, -0.05) is 12.1 Å². The van der Waals surface area contributed by atoms with Crippen molar-refractivity contribution in [2.75, 3.05) is 0 Å². The van der Waals surface area contributed by atoms with Crippen molar-refractivity contribution >= 4 is 34.1 Å². The second-order valence-electron chi connectivity index (χ2n) is 7.89. The minimum absolute atomic E-state index is 0.0261. The lowest BCUT2D eigenvalue weighted by Crippen LogP contribution is -2.23. The zero-order chi connectivity index (χ0) is 23.5. The van der Waals surface area contributed by atoms with E-state index in [9.17, 15) is 14.9 Å². The molecule has 0 atom stereocenters. The van der Waals surface area contributed by atoms with E-state index in [1.54, 1.807) is 48.9 Å². The third-order valence-electron chi connectivity index (χ3n) is 5.69. The van der Waals surface area contributed by atoms with Gasteiger partial charge in [-0.15, -0.1) is 11.3 Å². The first-order chi connectivity index (χ1) is 16.6. The number of benzene rings is 1. The highest BCUT2D eigenvalue weighted by Crippen LogP contribution is 2.40. The Balaban J connectivity index is 1.41. The fourth-order valence-corrected chi connectivity index (χ4v) is 5.31. The highest BCUT2D eigenvalue weighted by Gasteiger charge is 2.25. The molecule has 4 aromatic rings. The summed E-state index contributed by atoms with van der Waals surface area (Å²) in [6.07, 6.45) is 7.07. The van der Waals surface area contributed by atoms with E-state index in [4.69, 9.17) is 8.83 Å². The molecule has 1 aromatic carbocycles. The lowest BCUT2D eigenvalue weighted by Gasteiger charge is -2.12. The van der Waals surface area contributed by atoms with Crippen molar-refractivity contribution < 1.29 is 18.6 Å². The molecule has 9 heteroatoms. The number of thiophene rings is 1. The van der Waals surface area contributed by atoms with Gasteiger partial charge in [-0.25, -0.2) is 4.99 Å². The predicted molar refractivity (Wildman–Crippen MR) is 129 cm³/mol. The number of rotatable bonds is 7. The van der Waals surface area contributed by atoms with E-state index in [-0.39, 0.29) is 11.6 Å². The van der Waals surface area contributed by atoms with Gasteiger partial charge in [-0.3, -0.25) is 14.9 Å². The van der Waals surface area contributed by atoms with Gasteiger partial charge >= 0.3 is 0 Å². The predicted octanol–water partition coefficient (Wildman–Crippen LogP) is 6.07. The Morgan fingerprint density at radius 1 is 1.15 bits per heavy atom. The van der Waals surface area contributed by atoms with Crippen molar-refractivity contribution in [1.82, 2.24) is 5.32 Å². The smallest absolute Gasteiger partial charge is 0.280 e. The Kier molecular flexibility index (Phi) is 6.09. The number of amides is 1. The Morgan fingerprint density at radius 3 is 2.82 bits per heavy atom. The maximum atomic E-state index is 13.1. The van der Waals surface area contributed by atoms with Crippen molar-refractivity contribution in [3.8, 4) is 11.3 Å². The van der Waals surface area contributed by atoms with Crippen LogP contribution in [-0.4, -0.2) is 17.0 Å². The van der Waals surface area contributed by atoms with Crippen LogP contribution in [0, 0.1) is 10.1 Å². The average molecular weight is 476 g/mol. The highest BCUT2D eigenvalue weighted by molar-refractivity contribution is 7.16. The quantitative estimate of drug-likeness (QED) is 0.198. The molecule has 0 radical (unpaired) electrons. The van der Waals surface area contributed by atoms with Crippen molar-refractivity contribution in [3.63, 3.8) is 0 Å². The normalized spacial score (nSPS) is 13.2. The van der Waals surface area contributed by atoms with E-state index in [0.29, 0.717) is 40.0 Å². The third kappa shape index (κ3) is 4.42. The van der Waals surface area contributed by atoms with Crippen molar-refractivity contribution in [2.45, 2.75) is 32.2 Å². The standard InChI is InChI=1S/C25H21N3O5S/c29-24(26-14-16-6-5-13-32-16)23-19-8-2-4-10-22(19)34-25(23)27-15-17-11-12-21(33-17)18-7-1-3-9-20(18)28(30)31/h1,3,5-7,9,11-13,15H,2,4,8,10,14H2,(H,26,29). The zero-order valence-corrected chi connectivity index (χ0v) is 19.0. The summed E-state index contributed by atoms with van der Waals surface area (Å²) in [6, 6.07) is 13.4. The molecule has 0 saturated carbocycles. The summed E-state index contributed by atoms with van der Waals surface area (Å²) >= 11 is 1.53. The summed E-state index contributed by atoms with van der Waals surface area (Å²) < 4.78 is 11.1. The molecule has 0 saturated heterocycles. The summed E-state index contributed by atoms with van der Waals surface area (Å²) in [5, 5.41) is 14.9. The lowest BCUT2D eigenvalue weighted by atomic mass is 9.95. The minimum Gasteiger partial charge on any atom is -0.467 e. The SMILES string of the molecule is O=C(NCc1ccco1)c1c(N=Cc2ccc(-c3ccccc3[N+](=O)[O-])o2)sc2c1CCCC2. The topological polar surface area (TPSA) is 111 Å².